The number of sulfone groups is 1. The molecule has 0 bridgehead atoms. The summed E-state index contributed by atoms with van der Waals surface area (Å²) in [4.78, 5) is 30.2. The molecular weight excluding hydrogens is 354 g/mol. The highest BCUT2D eigenvalue weighted by molar-refractivity contribution is 7.91. The minimum Gasteiger partial charge on any atom is -0.282 e. The van der Waals surface area contributed by atoms with Gasteiger partial charge in [-0.15, -0.1) is 0 Å². The van der Waals surface area contributed by atoms with E-state index in [4.69, 9.17) is 0 Å². The molecule has 26 heavy (non-hydrogen) atoms. The van der Waals surface area contributed by atoms with Gasteiger partial charge in [0.25, 0.3) is 5.91 Å². The smallest absolute Gasteiger partial charge is 0.282 e. The van der Waals surface area contributed by atoms with E-state index in [2.05, 4.69) is 0 Å². The summed E-state index contributed by atoms with van der Waals surface area (Å²) in [6, 6.07) is 6.41. The van der Waals surface area contributed by atoms with Crippen molar-refractivity contribution in [2.45, 2.75) is 39.3 Å². The summed E-state index contributed by atoms with van der Waals surface area (Å²) in [6.45, 7) is 6.30. The standard InChI is InChI=1S/C18H25N3O4S/c1-4-19(16-9-10-26(24,25)11-16)12-20-17(22)14(3)21(18(20)23)15-7-5-13(2)6-8-15/h5-8,14,16H,4,9-12H2,1-3H3/t14-,16+/m0/s1. The molecule has 2 fully saturated rings. The van der Waals surface area contributed by atoms with Crippen molar-refractivity contribution in [1.29, 1.82) is 0 Å². The predicted molar refractivity (Wildman–Crippen MR) is 99.7 cm³/mol. The number of benzene rings is 1. The van der Waals surface area contributed by atoms with Crippen molar-refractivity contribution in [2.75, 3.05) is 29.6 Å². The largest absolute Gasteiger partial charge is 0.333 e. The van der Waals surface area contributed by atoms with Gasteiger partial charge in [0.2, 0.25) is 0 Å². The molecule has 0 saturated carbocycles. The van der Waals surface area contributed by atoms with Crippen LogP contribution in [0.15, 0.2) is 24.3 Å². The van der Waals surface area contributed by atoms with Crippen molar-refractivity contribution in [3.8, 4) is 0 Å². The number of hydrogen-bond donors (Lipinski definition) is 0. The van der Waals surface area contributed by atoms with Crippen molar-refractivity contribution in [3.63, 3.8) is 0 Å². The Labute approximate surface area is 154 Å². The molecule has 3 rings (SSSR count). The van der Waals surface area contributed by atoms with E-state index in [1.807, 2.05) is 43.0 Å². The Balaban J connectivity index is 1.78. The summed E-state index contributed by atoms with van der Waals surface area (Å²) in [5, 5.41) is 0. The zero-order valence-corrected chi connectivity index (χ0v) is 16.2. The first-order valence-corrected chi connectivity index (χ1v) is 10.7. The van der Waals surface area contributed by atoms with Crippen LogP contribution in [0.25, 0.3) is 0 Å². The van der Waals surface area contributed by atoms with Crippen LogP contribution in [0.3, 0.4) is 0 Å². The molecule has 8 heteroatoms. The Bertz CT molecular complexity index is 806. The molecular formula is C18H25N3O4S. The summed E-state index contributed by atoms with van der Waals surface area (Å²) in [6.07, 6.45) is 0.545. The van der Waals surface area contributed by atoms with Crippen LogP contribution < -0.4 is 4.90 Å². The number of amides is 3. The average molecular weight is 379 g/mol. The monoisotopic (exact) mass is 379 g/mol. The first kappa shape index (κ1) is 18.8. The van der Waals surface area contributed by atoms with Crippen LogP contribution in [0.1, 0.15) is 25.8 Å². The topological polar surface area (TPSA) is 78.0 Å². The van der Waals surface area contributed by atoms with Gasteiger partial charge in [-0.05, 0) is 38.9 Å². The number of hydrogen-bond acceptors (Lipinski definition) is 5. The molecule has 142 valence electrons. The van der Waals surface area contributed by atoms with E-state index in [9.17, 15) is 18.0 Å². The normalized spacial score (nSPS) is 25.5. The number of rotatable bonds is 5. The minimum atomic E-state index is -3.02. The lowest BCUT2D eigenvalue weighted by atomic mass is 10.2. The molecule has 3 amide bonds. The molecule has 1 aromatic carbocycles. The second-order valence-electron chi connectivity index (χ2n) is 7.03. The van der Waals surface area contributed by atoms with Crippen LogP contribution >= 0.6 is 0 Å². The Kier molecular flexibility index (Phi) is 5.07. The van der Waals surface area contributed by atoms with Gasteiger partial charge in [0, 0.05) is 11.7 Å². The molecule has 7 nitrogen and oxygen atoms in total. The van der Waals surface area contributed by atoms with Gasteiger partial charge in [0.1, 0.15) is 6.04 Å². The quantitative estimate of drug-likeness (QED) is 0.727. The van der Waals surface area contributed by atoms with E-state index < -0.39 is 15.9 Å². The molecule has 0 radical (unpaired) electrons. The van der Waals surface area contributed by atoms with E-state index in [0.29, 0.717) is 18.7 Å². The SMILES string of the molecule is CCN(CN1C(=O)[C@H](C)N(c2ccc(C)cc2)C1=O)[C@@H]1CCS(=O)(=O)C1. The van der Waals surface area contributed by atoms with Gasteiger partial charge in [-0.25, -0.2) is 18.1 Å². The van der Waals surface area contributed by atoms with Gasteiger partial charge >= 0.3 is 6.03 Å². The fourth-order valence-electron chi connectivity index (χ4n) is 3.61. The summed E-state index contributed by atoms with van der Waals surface area (Å²) in [5.41, 5.74) is 1.77. The molecule has 0 unspecified atom stereocenters. The van der Waals surface area contributed by atoms with Crippen LogP contribution in [0.4, 0.5) is 10.5 Å². The molecule has 2 aliphatic heterocycles. The minimum absolute atomic E-state index is 0.0916. The zero-order chi connectivity index (χ0) is 19.1. The Hall–Kier alpha value is -1.93. The lowest BCUT2D eigenvalue weighted by Crippen LogP contribution is -2.47. The van der Waals surface area contributed by atoms with Crippen molar-refractivity contribution in [3.05, 3.63) is 29.8 Å². The summed E-state index contributed by atoms with van der Waals surface area (Å²) in [5.74, 6) is 0.00542. The first-order chi connectivity index (χ1) is 12.2. The van der Waals surface area contributed by atoms with E-state index in [1.165, 1.54) is 9.80 Å². The van der Waals surface area contributed by atoms with Crippen molar-refractivity contribution in [2.24, 2.45) is 0 Å². The van der Waals surface area contributed by atoms with Crippen molar-refractivity contribution >= 4 is 27.5 Å². The van der Waals surface area contributed by atoms with Gasteiger partial charge in [-0.3, -0.25) is 14.6 Å². The Morgan fingerprint density at radius 3 is 2.38 bits per heavy atom. The maximum atomic E-state index is 12.9. The number of urea groups is 1. The highest BCUT2D eigenvalue weighted by Crippen LogP contribution is 2.27. The van der Waals surface area contributed by atoms with Gasteiger partial charge < -0.3 is 0 Å². The van der Waals surface area contributed by atoms with Crippen LogP contribution in [0, 0.1) is 6.92 Å². The fraction of sp³-hybridized carbons (Fsp3) is 0.556. The first-order valence-electron chi connectivity index (χ1n) is 8.89. The second kappa shape index (κ2) is 7.00. The van der Waals surface area contributed by atoms with E-state index >= 15 is 0 Å². The average Bonchev–Trinajstić information content (AvgIpc) is 3.05. The molecule has 0 aliphatic carbocycles. The summed E-state index contributed by atoms with van der Waals surface area (Å²) < 4.78 is 23.5. The number of aryl methyl sites for hydroxylation is 1. The van der Waals surface area contributed by atoms with Gasteiger partial charge in [-0.1, -0.05) is 24.6 Å². The maximum Gasteiger partial charge on any atom is 0.333 e. The van der Waals surface area contributed by atoms with Gasteiger partial charge in [0.05, 0.1) is 18.2 Å². The molecule has 2 heterocycles. The third-order valence-electron chi connectivity index (χ3n) is 5.21. The molecule has 1 aromatic rings. The van der Waals surface area contributed by atoms with Crippen LogP contribution in [-0.4, -0.2) is 67.0 Å². The molecule has 0 N–H and O–H groups in total. The van der Waals surface area contributed by atoms with E-state index in [0.717, 1.165) is 5.56 Å². The Morgan fingerprint density at radius 2 is 1.85 bits per heavy atom. The molecule has 2 atom stereocenters. The third-order valence-corrected chi connectivity index (χ3v) is 6.96. The summed E-state index contributed by atoms with van der Waals surface area (Å²) in [7, 11) is -3.02. The number of carbonyl (C=O) groups excluding carboxylic acids is 2. The van der Waals surface area contributed by atoms with E-state index in [-0.39, 0.29) is 36.2 Å². The highest BCUT2D eigenvalue weighted by Gasteiger charge is 2.44. The highest BCUT2D eigenvalue weighted by atomic mass is 32.2. The van der Waals surface area contributed by atoms with Crippen LogP contribution in [0.2, 0.25) is 0 Å². The fourth-order valence-corrected chi connectivity index (χ4v) is 5.38. The number of imide groups is 1. The second-order valence-corrected chi connectivity index (χ2v) is 9.26. The Morgan fingerprint density at radius 1 is 1.19 bits per heavy atom. The van der Waals surface area contributed by atoms with Gasteiger partial charge in [-0.2, -0.15) is 0 Å². The molecule has 2 saturated heterocycles. The molecule has 2 aliphatic rings. The number of anilines is 1. The van der Waals surface area contributed by atoms with Crippen molar-refractivity contribution < 1.29 is 18.0 Å². The zero-order valence-electron chi connectivity index (χ0n) is 15.4. The predicted octanol–water partition coefficient (Wildman–Crippen LogP) is 1.62. The lowest BCUT2D eigenvalue weighted by Gasteiger charge is -2.30. The number of nitrogens with zero attached hydrogens (tertiary/aromatic N) is 3. The maximum absolute atomic E-state index is 12.9. The molecule has 0 spiro atoms. The van der Waals surface area contributed by atoms with Crippen LogP contribution in [0.5, 0.6) is 0 Å². The third kappa shape index (κ3) is 3.48. The summed E-state index contributed by atoms with van der Waals surface area (Å²) >= 11 is 0. The molecule has 0 aromatic heterocycles. The lowest BCUT2D eigenvalue weighted by molar-refractivity contribution is -0.128. The van der Waals surface area contributed by atoms with Crippen LogP contribution in [-0.2, 0) is 14.6 Å². The van der Waals surface area contributed by atoms with Gasteiger partial charge in [0.15, 0.2) is 9.84 Å². The van der Waals surface area contributed by atoms with Crippen molar-refractivity contribution in [1.82, 2.24) is 9.80 Å². The van der Waals surface area contributed by atoms with E-state index in [1.54, 1.807) is 6.92 Å². The number of carbonyl (C=O) groups is 2.